The minimum Gasteiger partial charge on any atom is -0.320 e. The van der Waals surface area contributed by atoms with E-state index in [0.29, 0.717) is 3.57 Å². The molecule has 0 spiro atoms. The quantitative estimate of drug-likeness (QED) is 0.654. The summed E-state index contributed by atoms with van der Waals surface area (Å²) in [6.07, 6.45) is 3.71. The van der Waals surface area contributed by atoms with Crippen LogP contribution in [0.4, 0.5) is 0 Å². The second-order valence-corrected chi connectivity index (χ2v) is 4.58. The highest BCUT2D eigenvalue weighted by molar-refractivity contribution is 14.1. The number of aryl methyl sites for hydroxylation is 1. The van der Waals surface area contributed by atoms with E-state index in [9.17, 15) is 4.79 Å². The van der Waals surface area contributed by atoms with E-state index in [2.05, 4.69) is 10.3 Å². The van der Waals surface area contributed by atoms with Crippen molar-refractivity contribution in [2.24, 2.45) is 0 Å². The summed E-state index contributed by atoms with van der Waals surface area (Å²) in [5.41, 5.74) is 0.0764. The molecule has 1 rings (SSSR count). The van der Waals surface area contributed by atoms with E-state index in [1.54, 1.807) is 10.8 Å². The van der Waals surface area contributed by atoms with Crippen molar-refractivity contribution in [1.29, 1.82) is 0 Å². The molecule has 0 aromatic carbocycles. The highest BCUT2D eigenvalue weighted by atomic mass is 127. The lowest BCUT2D eigenvalue weighted by Gasteiger charge is -2.08. The monoisotopic (exact) mass is 321 g/mol. The van der Waals surface area contributed by atoms with Gasteiger partial charge in [-0.05, 0) is 55.9 Å². The summed E-state index contributed by atoms with van der Waals surface area (Å²) in [5, 5.41) is 3.09. The molecule has 0 bridgehead atoms. The largest absolute Gasteiger partial charge is 0.320 e. The highest BCUT2D eigenvalue weighted by Gasteiger charge is 2.04. The standard InChI is InChI=1S/C10H16IN3O/c1-8-13-7-9(11)10(15)14(8)6-4-3-5-12-2/h7,12H,3-6H2,1-2H3. The van der Waals surface area contributed by atoms with Crippen molar-refractivity contribution in [1.82, 2.24) is 14.9 Å². The van der Waals surface area contributed by atoms with Gasteiger partial charge in [0.25, 0.3) is 5.56 Å². The third kappa shape index (κ3) is 3.57. The lowest BCUT2D eigenvalue weighted by atomic mass is 10.3. The Labute approximate surface area is 103 Å². The molecule has 15 heavy (non-hydrogen) atoms. The van der Waals surface area contributed by atoms with Crippen LogP contribution in [0.2, 0.25) is 0 Å². The average molecular weight is 321 g/mol. The van der Waals surface area contributed by atoms with Crippen LogP contribution in [0.15, 0.2) is 11.0 Å². The van der Waals surface area contributed by atoms with Crippen molar-refractivity contribution < 1.29 is 0 Å². The summed E-state index contributed by atoms with van der Waals surface area (Å²) in [5.74, 6) is 0.796. The Hall–Kier alpha value is -0.430. The van der Waals surface area contributed by atoms with Gasteiger partial charge in [0, 0.05) is 12.7 Å². The second kappa shape index (κ2) is 6.22. The highest BCUT2D eigenvalue weighted by Crippen LogP contribution is 1.99. The molecule has 4 nitrogen and oxygen atoms in total. The van der Waals surface area contributed by atoms with E-state index >= 15 is 0 Å². The topological polar surface area (TPSA) is 46.9 Å². The van der Waals surface area contributed by atoms with Crippen LogP contribution in [0.1, 0.15) is 18.7 Å². The maximum Gasteiger partial charge on any atom is 0.266 e. The van der Waals surface area contributed by atoms with Crippen molar-refractivity contribution in [2.45, 2.75) is 26.3 Å². The summed E-state index contributed by atoms with van der Waals surface area (Å²) in [7, 11) is 1.93. The third-order valence-electron chi connectivity index (χ3n) is 2.26. The van der Waals surface area contributed by atoms with Gasteiger partial charge >= 0.3 is 0 Å². The van der Waals surface area contributed by atoms with E-state index < -0.39 is 0 Å². The molecule has 0 aliphatic carbocycles. The molecule has 0 aliphatic rings. The zero-order valence-electron chi connectivity index (χ0n) is 9.09. The van der Waals surface area contributed by atoms with E-state index in [-0.39, 0.29) is 5.56 Å². The van der Waals surface area contributed by atoms with Crippen LogP contribution < -0.4 is 10.9 Å². The molecule has 84 valence electrons. The first-order valence-corrected chi connectivity index (χ1v) is 6.11. The zero-order chi connectivity index (χ0) is 11.3. The fourth-order valence-electron chi connectivity index (χ4n) is 1.39. The molecular weight excluding hydrogens is 305 g/mol. The normalized spacial score (nSPS) is 10.6. The molecule has 1 aromatic heterocycles. The SMILES string of the molecule is CNCCCCn1c(C)ncc(I)c1=O. The molecule has 0 radical (unpaired) electrons. The number of hydrogen-bond donors (Lipinski definition) is 1. The van der Waals surface area contributed by atoms with Crippen LogP contribution in [0, 0.1) is 10.5 Å². The van der Waals surface area contributed by atoms with Crippen molar-refractivity contribution in [3.63, 3.8) is 0 Å². The zero-order valence-corrected chi connectivity index (χ0v) is 11.2. The van der Waals surface area contributed by atoms with Crippen LogP contribution in [0.25, 0.3) is 0 Å². The summed E-state index contributed by atoms with van der Waals surface area (Å²) in [6, 6.07) is 0. The van der Waals surface area contributed by atoms with Crippen LogP contribution in [-0.2, 0) is 6.54 Å². The summed E-state index contributed by atoms with van der Waals surface area (Å²) >= 11 is 2.03. The number of nitrogens with zero attached hydrogens (tertiary/aromatic N) is 2. The van der Waals surface area contributed by atoms with Gasteiger partial charge in [-0.3, -0.25) is 9.36 Å². The number of halogens is 1. The van der Waals surface area contributed by atoms with E-state index in [4.69, 9.17) is 0 Å². The van der Waals surface area contributed by atoms with Gasteiger partial charge in [0.2, 0.25) is 0 Å². The van der Waals surface area contributed by atoms with Gasteiger partial charge in [-0.25, -0.2) is 4.98 Å². The molecule has 0 unspecified atom stereocenters. The predicted octanol–water partition coefficient (Wildman–Crippen LogP) is 1.16. The van der Waals surface area contributed by atoms with Crippen molar-refractivity contribution in [3.8, 4) is 0 Å². The summed E-state index contributed by atoms with van der Waals surface area (Å²) in [4.78, 5) is 15.9. The lowest BCUT2D eigenvalue weighted by molar-refractivity contribution is 0.557. The Morgan fingerprint density at radius 3 is 2.93 bits per heavy atom. The smallest absolute Gasteiger partial charge is 0.266 e. The van der Waals surface area contributed by atoms with Gasteiger partial charge in [-0.2, -0.15) is 0 Å². The Kier molecular flexibility index (Phi) is 5.24. The minimum atomic E-state index is 0.0764. The molecule has 1 N–H and O–H groups in total. The number of nitrogens with one attached hydrogen (secondary N) is 1. The van der Waals surface area contributed by atoms with Gasteiger partial charge in [0.1, 0.15) is 5.82 Å². The van der Waals surface area contributed by atoms with Crippen LogP contribution >= 0.6 is 22.6 Å². The average Bonchev–Trinajstić information content (AvgIpc) is 2.23. The first-order chi connectivity index (χ1) is 7.16. The molecule has 0 atom stereocenters. The Bertz CT molecular complexity index is 375. The molecule has 0 saturated carbocycles. The fourth-order valence-corrected chi connectivity index (χ4v) is 1.82. The van der Waals surface area contributed by atoms with E-state index in [1.165, 1.54) is 0 Å². The molecule has 1 heterocycles. The van der Waals surface area contributed by atoms with Gasteiger partial charge in [0.15, 0.2) is 0 Å². The lowest BCUT2D eigenvalue weighted by Crippen LogP contribution is -2.26. The predicted molar refractivity (Wildman–Crippen MR) is 69.1 cm³/mol. The Morgan fingerprint density at radius 2 is 2.27 bits per heavy atom. The second-order valence-electron chi connectivity index (χ2n) is 3.42. The number of hydrogen-bond acceptors (Lipinski definition) is 3. The van der Waals surface area contributed by atoms with Crippen molar-refractivity contribution >= 4 is 22.6 Å². The van der Waals surface area contributed by atoms with Gasteiger partial charge in [-0.15, -0.1) is 0 Å². The van der Waals surface area contributed by atoms with Gasteiger partial charge in [0.05, 0.1) is 3.57 Å². The van der Waals surface area contributed by atoms with Gasteiger partial charge < -0.3 is 5.32 Å². The van der Waals surface area contributed by atoms with Crippen LogP contribution in [0.3, 0.4) is 0 Å². The molecule has 0 saturated heterocycles. The summed E-state index contributed by atoms with van der Waals surface area (Å²) < 4.78 is 2.43. The first-order valence-electron chi connectivity index (χ1n) is 5.03. The number of aromatic nitrogens is 2. The number of unbranched alkanes of at least 4 members (excludes halogenated alkanes) is 1. The minimum absolute atomic E-state index is 0.0764. The maximum atomic E-state index is 11.8. The molecular formula is C10H16IN3O. The van der Waals surface area contributed by atoms with Gasteiger partial charge in [-0.1, -0.05) is 0 Å². The molecule has 0 fully saturated rings. The van der Waals surface area contributed by atoms with Crippen LogP contribution in [0.5, 0.6) is 0 Å². The maximum absolute atomic E-state index is 11.8. The van der Waals surface area contributed by atoms with Crippen LogP contribution in [-0.4, -0.2) is 23.1 Å². The third-order valence-corrected chi connectivity index (χ3v) is 3.00. The van der Waals surface area contributed by atoms with Crippen molar-refractivity contribution in [2.75, 3.05) is 13.6 Å². The Morgan fingerprint density at radius 1 is 1.53 bits per heavy atom. The molecule has 5 heteroatoms. The molecule has 1 aromatic rings. The first kappa shape index (κ1) is 12.6. The Balaban J connectivity index is 2.68. The van der Waals surface area contributed by atoms with E-state index in [0.717, 1.165) is 31.8 Å². The van der Waals surface area contributed by atoms with E-state index in [1.807, 2.05) is 36.6 Å². The fraction of sp³-hybridized carbons (Fsp3) is 0.600. The molecule has 0 aliphatic heterocycles. The summed E-state index contributed by atoms with van der Waals surface area (Å²) in [6.45, 7) is 3.62. The van der Waals surface area contributed by atoms with Crippen molar-refractivity contribution in [3.05, 3.63) is 25.9 Å². The molecule has 0 amide bonds. The number of rotatable bonds is 5.